The maximum absolute atomic E-state index is 5.97. The summed E-state index contributed by atoms with van der Waals surface area (Å²) >= 11 is 3.43. The third-order valence-electron chi connectivity index (χ3n) is 4.05. The van der Waals surface area contributed by atoms with Gasteiger partial charge in [0.05, 0.1) is 6.42 Å². The van der Waals surface area contributed by atoms with Gasteiger partial charge in [0.25, 0.3) is 0 Å². The van der Waals surface area contributed by atoms with Gasteiger partial charge in [0, 0.05) is 16.1 Å². The minimum absolute atomic E-state index is 0.460. The van der Waals surface area contributed by atoms with Crippen molar-refractivity contribution in [3.8, 4) is 11.5 Å². The van der Waals surface area contributed by atoms with E-state index in [1.54, 1.807) is 6.08 Å². The van der Waals surface area contributed by atoms with Gasteiger partial charge in [0.15, 0.2) is 0 Å². The minimum Gasteiger partial charge on any atom is -0.457 e. The van der Waals surface area contributed by atoms with E-state index in [0.717, 1.165) is 27.1 Å². The van der Waals surface area contributed by atoms with Crippen molar-refractivity contribution in [2.24, 2.45) is 0 Å². The van der Waals surface area contributed by atoms with Crippen LogP contribution >= 0.6 is 15.9 Å². The molecule has 0 atom stereocenters. The number of para-hydroxylation sites is 2. The summed E-state index contributed by atoms with van der Waals surface area (Å²) < 4.78 is 12.7. The molecule has 0 N–H and O–H groups in total. The highest BCUT2D eigenvalue weighted by molar-refractivity contribution is 9.10. The molecule has 0 saturated heterocycles. The monoisotopic (exact) mass is 432 g/mol. The summed E-state index contributed by atoms with van der Waals surface area (Å²) in [6.45, 7) is 0. The molecule has 0 radical (unpaired) electrons. The molecule has 0 unspecified atom stereocenters. The summed E-state index contributed by atoms with van der Waals surface area (Å²) in [5.41, 5.74) is 2.04. The second kappa shape index (κ2) is 8.67. The summed E-state index contributed by atoms with van der Waals surface area (Å²) in [7, 11) is 0. The van der Waals surface area contributed by atoms with Crippen LogP contribution in [0.4, 0.5) is 0 Å². The number of ether oxygens (including phenoxy) is 1. The first-order chi connectivity index (χ1) is 13.8. The van der Waals surface area contributed by atoms with Crippen molar-refractivity contribution in [3.05, 3.63) is 106 Å². The Hall–Kier alpha value is -3.18. The molecular weight excluding hydrogens is 416 g/mol. The Morgan fingerprint density at radius 3 is 2.39 bits per heavy atom. The van der Waals surface area contributed by atoms with Crippen LogP contribution in [0.15, 0.2) is 87.8 Å². The highest BCUT2D eigenvalue weighted by Gasteiger charge is 2.06. The second-order valence-electron chi connectivity index (χ2n) is 6.12. The molecule has 0 spiro atoms. The van der Waals surface area contributed by atoms with Gasteiger partial charge in [-0.15, -0.1) is 10.2 Å². The third-order valence-corrected chi connectivity index (χ3v) is 4.58. The number of benzene rings is 3. The van der Waals surface area contributed by atoms with E-state index in [9.17, 15) is 0 Å². The van der Waals surface area contributed by atoms with Gasteiger partial charge in [-0.2, -0.15) is 0 Å². The van der Waals surface area contributed by atoms with Crippen LogP contribution in [0, 0.1) is 0 Å². The Labute approximate surface area is 171 Å². The van der Waals surface area contributed by atoms with Crippen molar-refractivity contribution in [2.75, 3.05) is 0 Å². The number of rotatable bonds is 6. The van der Waals surface area contributed by atoms with E-state index in [2.05, 4.69) is 26.1 Å². The summed E-state index contributed by atoms with van der Waals surface area (Å²) in [5.74, 6) is 2.59. The Kier molecular flexibility index (Phi) is 5.64. The molecule has 1 aromatic heterocycles. The van der Waals surface area contributed by atoms with Crippen LogP contribution in [0.1, 0.15) is 22.9 Å². The molecule has 138 valence electrons. The molecule has 0 aliphatic rings. The molecule has 4 rings (SSSR count). The smallest absolute Gasteiger partial charge is 0.240 e. The van der Waals surface area contributed by atoms with Gasteiger partial charge in [-0.3, -0.25) is 0 Å². The van der Waals surface area contributed by atoms with Crippen molar-refractivity contribution >= 4 is 28.1 Å². The summed E-state index contributed by atoms with van der Waals surface area (Å²) in [4.78, 5) is 0. The van der Waals surface area contributed by atoms with Crippen LogP contribution in [0.3, 0.4) is 0 Å². The number of halogens is 1. The first-order valence-corrected chi connectivity index (χ1v) is 9.62. The largest absolute Gasteiger partial charge is 0.457 e. The van der Waals surface area contributed by atoms with Gasteiger partial charge in [-0.25, -0.2) is 0 Å². The fourth-order valence-electron chi connectivity index (χ4n) is 2.67. The molecule has 28 heavy (non-hydrogen) atoms. The topological polar surface area (TPSA) is 48.2 Å². The number of hydrogen-bond acceptors (Lipinski definition) is 4. The molecule has 0 bridgehead atoms. The van der Waals surface area contributed by atoms with E-state index in [1.807, 2.05) is 84.9 Å². The van der Waals surface area contributed by atoms with Crippen molar-refractivity contribution in [3.63, 3.8) is 0 Å². The zero-order chi connectivity index (χ0) is 19.2. The zero-order valence-electron chi connectivity index (χ0n) is 15.0. The fraction of sp³-hybridized carbons (Fsp3) is 0.0435. The molecule has 5 heteroatoms. The van der Waals surface area contributed by atoms with Crippen molar-refractivity contribution < 1.29 is 9.15 Å². The van der Waals surface area contributed by atoms with Crippen molar-refractivity contribution in [1.29, 1.82) is 0 Å². The van der Waals surface area contributed by atoms with Crippen molar-refractivity contribution in [1.82, 2.24) is 10.2 Å². The van der Waals surface area contributed by atoms with Crippen LogP contribution < -0.4 is 4.74 Å². The number of nitrogens with zero attached hydrogens (tertiary/aromatic N) is 2. The van der Waals surface area contributed by atoms with Crippen LogP contribution in [0.25, 0.3) is 12.2 Å². The maximum Gasteiger partial charge on any atom is 0.240 e. The lowest BCUT2D eigenvalue weighted by atomic mass is 10.1. The minimum atomic E-state index is 0.460. The van der Waals surface area contributed by atoms with E-state index < -0.39 is 0 Å². The SMILES string of the molecule is Brc1ccc(Cc2nnc(C=Cc3ccccc3Oc3ccccc3)o2)cc1. The van der Waals surface area contributed by atoms with Crippen LogP contribution in [0.2, 0.25) is 0 Å². The van der Waals surface area contributed by atoms with E-state index in [1.165, 1.54) is 0 Å². The van der Waals surface area contributed by atoms with Gasteiger partial charge in [-0.1, -0.05) is 64.5 Å². The summed E-state index contributed by atoms with van der Waals surface area (Å²) in [6.07, 6.45) is 4.31. The Balaban J connectivity index is 1.48. The lowest BCUT2D eigenvalue weighted by Gasteiger charge is -2.08. The lowest BCUT2D eigenvalue weighted by Crippen LogP contribution is -1.87. The maximum atomic E-state index is 5.97. The predicted molar refractivity (Wildman–Crippen MR) is 113 cm³/mol. The lowest BCUT2D eigenvalue weighted by molar-refractivity contribution is 0.481. The molecule has 4 aromatic rings. The van der Waals surface area contributed by atoms with E-state index in [4.69, 9.17) is 9.15 Å². The molecule has 1 heterocycles. The Bertz CT molecular complexity index is 1070. The molecule has 3 aromatic carbocycles. The normalized spacial score (nSPS) is 11.0. The zero-order valence-corrected chi connectivity index (χ0v) is 16.5. The number of hydrogen-bond donors (Lipinski definition) is 0. The van der Waals surface area contributed by atoms with Crippen LogP contribution in [-0.4, -0.2) is 10.2 Å². The van der Waals surface area contributed by atoms with Gasteiger partial charge in [-0.05, 0) is 42.0 Å². The molecule has 0 aliphatic heterocycles. The quantitative estimate of drug-likeness (QED) is 0.354. The summed E-state index contributed by atoms with van der Waals surface area (Å²) in [6, 6.07) is 25.6. The third kappa shape index (κ3) is 4.75. The highest BCUT2D eigenvalue weighted by Crippen LogP contribution is 2.26. The van der Waals surface area contributed by atoms with Gasteiger partial charge < -0.3 is 9.15 Å². The molecule has 0 saturated carbocycles. The highest BCUT2D eigenvalue weighted by atomic mass is 79.9. The molecule has 0 amide bonds. The van der Waals surface area contributed by atoms with Gasteiger partial charge >= 0.3 is 0 Å². The summed E-state index contributed by atoms with van der Waals surface area (Å²) in [5, 5.41) is 8.23. The van der Waals surface area contributed by atoms with E-state index in [0.29, 0.717) is 18.2 Å². The molecule has 0 fully saturated rings. The average molecular weight is 433 g/mol. The Morgan fingerprint density at radius 1 is 0.821 bits per heavy atom. The van der Waals surface area contributed by atoms with Crippen molar-refractivity contribution in [2.45, 2.75) is 6.42 Å². The first kappa shape index (κ1) is 18.2. The van der Waals surface area contributed by atoms with Gasteiger partial charge in [0.1, 0.15) is 11.5 Å². The standard InChI is InChI=1S/C23H17BrN2O2/c24-19-13-10-17(11-14-19)16-23-26-25-22(28-23)15-12-18-6-4-5-9-21(18)27-20-7-2-1-3-8-20/h1-15H,16H2. The van der Waals surface area contributed by atoms with E-state index in [-0.39, 0.29) is 0 Å². The predicted octanol–water partition coefficient (Wildman–Crippen LogP) is 6.39. The van der Waals surface area contributed by atoms with Gasteiger partial charge in [0.2, 0.25) is 11.8 Å². The number of aromatic nitrogens is 2. The average Bonchev–Trinajstić information content (AvgIpc) is 3.17. The molecular formula is C23H17BrN2O2. The molecule has 4 nitrogen and oxygen atoms in total. The first-order valence-electron chi connectivity index (χ1n) is 8.83. The molecule has 0 aliphatic carbocycles. The second-order valence-corrected chi connectivity index (χ2v) is 7.04. The van der Waals surface area contributed by atoms with Crippen LogP contribution in [-0.2, 0) is 6.42 Å². The fourth-order valence-corrected chi connectivity index (χ4v) is 2.93. The Morgan fingerprint density at radius 2 is 1.57 bits per heavy atom. The van der Waals surface area contributed by atoms with Crippen LogP contribution in [0.5, 0.6) is 11.5 Å². The van der Waals surface area contributed by atoms with E-state index >= 15 is 0 Å².